The fourth-order valence-corrected chi connectivity index (χ4v) is 5.16. The van der Waals surface area contributed by atoms with Crippen LogP contribution in [0.25, 0.3) is 10.9 Å². The van der Waals surface area contributed by atoms with Gasteiger partial charge in [0.05, 0.1) is 0 Å². The Hall–Kier alpha value is -1.24. The van der Waals surface area contributed by atoms with E-state index in [1.54, 1.807) is 11.3 Å². The molecule has 1 nitrogen and oxygen atoms in total. The first-order valence-corrected chi connectivity index (χ1v) is 10.0. The molecule has 1 unspecified atom stereocenters. The molecule has 0 aliphatic heterocycles. The lowest BCUT2D eigenvalue weighted by Crippen LogP contribution is -2.19. The minimum atomic E-state index is 0.797. The zero-order valence-electron chi connectivity index (χ0n) is 14.4. The van der Waals surface area contributed by atoms with Crippen molar-refractivity contribution >= 4 is 10.9 Å². The van der Waals surface area contributed by atoms with Crippen molar-refractivity contribution in [3.05, 3.63) is 35.5 Å². The van der Waals surface area contributed by atoms with Gasteiger partial charge in [0.2, 0.25) is 0 Å². The molecule has 0 bridgehead atoms. The Morgan fingerprint density at radius 1 is 0.739 bits per heavy atom. The van der Waals surface area contributed by atoms with Crippen LogP contribution in [0.4, 0.5) is 0 Å². The van der Waals surface area contributed by atoms with Crippen LogP contribution in [0.1, 0.15) is 87.8 Å². The topological polar surface area (TPSA) is 15.8 Å². The minimum Gasteiger partial charge on any atom is -0.358 e. The van der Waals surface area contributed by atoms with Crippen LogP contribution < -0.4 is 0 Å². The lowest BCUT2D eigenvalue weighted by Gasteiger charge is -2.31. The summed E-state index contributed by atoms with van der Waals surface area (Å²) in [5.41, 5.74) is 4.62. The molecule has 124 valence electrons. The number of rotatable bonds is 1. The predicted molar refractivity (Wildman–Crippen MR) is 99.0 cm³/mol. The summed E-state index contributed by atoms with van der Waals surface area (Å²) in [5.74, 6) is 1.71. The summed E-state index contributed by atoms with van der Waals surface area (Å²) >= 11 is 0. The van der Waals surface area contributed by atoms with E-state index in [1.807, 2.05) is 0 Å². The lowest BCUT2D eigenvalue weighted by atomic mass is 9.74. The number of nitrogens with one attached hydrogen (secondary N) is 1. The maximum atomic E-state index is 3.83. The first kappa shape index (κ1) is 15.3. The van der Waals surface area contributed by atoms with Crippen molar-refractivity contribution in [3.63, 3.8) is 0 Å². The van der Waals surface area contributed by atoms with Gasteiger partial charge in [-0.05, 0) is 49.7 Å². The molecule has 1 saturated carbocycles. The van der Waals surface area contributed by atoms with E-state index in [4.69, 9.17) is 0 Å². The second-order valence-electron chi connectivity index (χ2n) is 7.87. The molecule has 1 heterocycles. The van der Waals surface area contributed by atoms with Crippen molar-refractivity contribution in [2.75, 3.05) is 0 Å². The molecular formula is C22H31N. The number of benzene rings is 1. The molecular weight excluding hydrogens is 278 g/mol. The molecule has 4 rings (SSSR count). The average Bonchev–Trinajstić information content (AvgIpc) is 2.98. The van der Waals surface area contributed by atoms with E-state index in [-0.39, 0.29) is 0 Å². The van der Waals surface area contributed by atoms with Gasteiger partial charge >= 0.3 is 0 Å². The highest BCUT2D eigenvalue weighted by molar-refractivity contribution is 5.85. The van der Waals surface area contributed by atoms with Crippen LogP contribution in [0.5, 0.6) is 0 Å². The van der Waals surface area contributed by atoms with Crippen molar-refractivity contribution < 1.29 is 0 Å². The Morgan fingerprint density at radius 3 is 2.22 bits per heavy atom. The van der Waals surface area contributed by atoms with Gasteiger partial charge in [0, 0.05) is 22.5 Å². The lowest BCUT2D eigenvalue weighted by molar-refractivity contribution is 0.305. The van der Waals surface area contributed by atoms with E-state index in [1.165, 1.54) is 88.0 Å². The number of para-hydroxylation sites is 1. The van der Waals surface area contributed by atoms with Gasteiger partial charge in [0.25, 0.3) is 0 Å². The number of fused-ring (bicyclic) bond motifs is 3. The molecule has 2 aliphatic rings. The third kappa shape index (κ3) is 3.20. The largest absolute Gasteiger partial charge is 0.358 e. The van der Waals surface area contributed by atoms with Crippen LogP contribution in [-0.2, 0) is 6.42 Å². The Morgan fingerprint density at radius 2 is 1.43 bits per heavy atom. The summed E-state index contributed by atoms with van der Waals surface area (Å²) in [6.45, 7) is 0. The fourth-order valence-electron chi connectivity index (χ4n) is 5.16. The van der Waals surface area contributed by atoms with Gasteiger partial charge < -0.3 is 4.98 Å². The van der Waals surface area contributed by atoms with E-state index in [9.17, 15) is 0 Å². The average molecular weight is 309 g/mol. The molecule has 1 fully saturated rings. The van der Waals surface area contributed by atoms with E-state index in [0.717, 1.165) is 11.8 Å². The molecule has 23 heavy (non-hydrogen) atoms. The SMILES string of the molecule is c1ccc2c3c([nH]c2c1)C(C1CCCCCCCCC1)CCC3. The quantitative estimate of drug-likeness (QED) is 0.601. The van der Waals surface area contributed by atoms with E-state index in [2.05, 4.69) is 29.2 Å². The Bertz CT molecular complexity index is 628. The zero-order valence-corrected chi connectivity index (χ0v) is 14.4. The summed E-state index contributed by atoms with van der Waals surface area (Å²) in [6, 6.07) is 8.95. The molecule has 0 amide bonds. The number of H-pyrrole nitrogens is 1. The van der Waals surface area contributed by atoms with Crippen molar-refractivity contribution in [3.8, 4) is 0 Å². The van der Waals surface area contributed by atoms with Crippen molar-refractivity contribution in [2.24, 2.45) is 5.92 Å². The number of aromatic amines is 1. The first-order chi connectivity index (χ1) is 11.4. The predicted octanol–water partition coefficient (Wildman–Crippen LogP) is 6.73. The van der Waals surface area contributed by atoms with Crippen molar-refractivity contribution in [1.82, 2.24) is 4.98 Å². The monoisotopic (exact) mass is 309 g/mol. The van der Waals surface area contributed by atoms with Gasteiger partial charge in [0.15, 0.2) is 0 Å². The highest BCUT2D eigenvalue weighted by Gasteiger charge is 2.30. The third-order valence-corrected chi connectivity index (χ3v) is 6.38. The van der Waals surface area contributed by atoms with Gasteiger partial charge in [0.1, 0.15) is 0 Å². The summed E-state index contributed by atoms with van der Waals surface area (Å²) in [4.78, 5) is 3.83. The van der Waals surface area contributed by atoms with Gasteiger partial charge in [-0.15, -0.1) is 0 Å². The maximum absolute atomic E-state index is 3.83. The van der Waals surface area contributed by atoms with E-state index < -0.39 is 0 Å². The minimum absolute atomic E-state index is 0.797. The number of hydrogen-bond acceptors (Lipinski definition) is 0. The Kier molecular flexibility index (Phi) is 4.73. The highest BCUT2D eigenvalue weighted by Crippen LogP contribution is 2.43. The molecule has 1 heteroatoms. The zero-order chi connectivity index (χ0) is 15.5. The van der Waals surface area contributed by atoms with Crippen LogP contribution in [0.15, 0.2) is 24.3 Å². The smallest absolute Gasteiger partial charge is 0.0459 e. The molecule has 0 radical (unpaired) electrons. The van der Waals surface area contributed by atoms with Crippen molar-refractivity contribution in [1.29, 1.82) is 0 Å². The van der Waals surface area contributed by atoms with Gasteiger partial charge in [-0.25, -0.2) is 0 Å². The second kappa shape index (κ2) is 7.11. The van der Waals surface area contributed by atoms with E-state index in [0.29, 0.717) is 0 Å². The molecule has 1 aromatic heterocycles. The van der Waals surface area contributed by atoms with Crippen LogP contribution >= 0.6 is 0 Å². The van der Waals surface area contributed by atoms with Crippen LogP contribution in [0.2, 0.25) is 0 Å². The van der Waals surface area contributed by atoms with E-state index >= 15 is 0 Å². The summed E-state index contributed by atoms with van der Waals surface area (Å²) in [5, 5.41) is 1.49. The van der Waals surface area contributed by atoms with Gasteiger partial charge in [-0.1, -0.05) is 63.1 Å². The molecule has 2 aromatic rings. The van der Waals surface area contributed by atoms with Gasteiger partial charge in [-0.3, -0.25) is 0 Å². The second-order valence-corrected chi connectivity index (χ2v) is 7.87. The third-order valence-electron chi connectivity index (χ3n) is 6.38. The first-order valence-electron chi connectivity index (χ1n) is 10.0. The highest BCUT2D eigenvalue weighted by atomic mass is 14.7. The van der Waals surface area contributed by atoms with Crippen LogP contribution in [0.3, 0.4) is 0 Å². The summed E-state index contributed by atoms with van der Waals surface area (Å²) in [7, 11) is 0. The Balaban J connectivity index is 1.61. The molecule has 1 atom stereocenters. The fraction of sp³-hybridized carbons (Fsp3) is 0.636. The Labute approximate surface area is 140 Å². The van der Waals surface area contributed by atoms with Gasteiger partial charge in [-0.2, -0.15) is 0 Å². The molecule has 0 saturated heterocycles. The summed E-state index contributed by atoms with van der Waals surface area (Å²) in [6.07, 6.45) is 17.2. The molecule has 0 spiro atoms. The molecule has 1 N–H and O–H groups in total. The number of hydrogen-bond donors (Lipinski definition) is 1. The van der Waals surface area contributed by atoms with Crippen LogP contribution in [-0.4, -0.2) is 4.98 Å². The molecule has 1 aromatic carbocycles. The van der Waals surface area contributed by atoms with Crippen molar-refractivity contribution in [2.45, 2.75) is 83.0 Å². The molecule has 2 aliphatic carbocycles. The summed E-state index contributed by atoms with van der Waals surface area (Å²) < 4.78 is 0. The van der Waals surface area contributed by atoms with Crippen LogP contribution in [0, 0.1) is 5.92 Å². The number of aryl methyl sites for hydroxylation is 1. The number of aromatic nitrogens is 1. The standard InChI is InChI=1S/C22H31N/c1-2-4-6-11-17(12-7-5-3-1)18-14-10-15-20-19-13-8-9-16-21(19)23-22(18)20/h8-9,13,16-18,23H,1-7,10-12,14-15H2. The normalized spacial score (nSPS) is 24.4. The maximum Gasteiger partial charge on any atom is 0.0459 e.